The highest BCUT2D eigenvalue weighted by Crippen LogP contribution is 2.20. The minimum atomic E-state index is -0.118. The Morgan fingerprint density at radius 3 is 2.84 bits per heavy atom. The molecule has 0 aliphatic rings. The van der Waals surface area contributed by atoms with E-state index in [0.29, 0.717) is 17.8 Å². The molecule has 0 atom stereocenters. The molecule has 0 unspecified atom stereocenters. The Balaban J connectivity index is 2.17. The number of nitrogens with zero attached hydrogens (tertiary/aromatic N) is 3. The summed E-state index contributed by atoms with van der Waals surface area (Å²) in [5, 5.41) is 0. The number of amides is 1. The lowest BCUT2D eigenvalue weighted by atomic mass is 10.1. The average molecular weight is 323 g/mol. The van der Waals surface area contributed by atoms with Crippen molar-refractivity contribution in [3.63, 3.8) is 0 Å². The minimum Gasteiger partial charge on any atom is -0.398 e. The number of carbonyl (C=O) groups excluding carboxylic acids is 1. The molecule has 1 heterocycles. The second-order valence-electron chi connectivity index (χ2n) is 4.35. The zero-order valence-corrected chi connectivity index (χ0v) is 12.4. The monoisotopic (exact) mass is 322 g/mol. The lowest BCUT2D eigenvalue weighted by molar-refractivity contribution is 0.0781. The predicted octanol–water partition coefficient (Wildman–Crippen LogP) is 2.04. The molecule has 1 aromatic heterocycles. The second kappa shape index (κ2) is 5.44. The number of nitrogens with two attached hydrogens (primary N) is 1. The molecule has 0 saturated heterocycles. The van der Waals surface area contributed by atoms with Gasteiger partial charge in [-0.2, -0.15) is 0 Å². The average Bonchev–Trinajstić information content (AvgIpc) is 2.74. The van der Waals surface area contributed by atoms with Gasteiger partial charge in [-0.1, -0.05) is 15.9 Å². The number of carbonyl (C=O) groups is 1. The fraction of sp³-hybridized carbons (Fsp3) is 0.231. The molecule has 19 heavy (non-hydrogen) atoms. The molecule has 2 N–H and O–H groups in total. The number of hydrogen-bond donors (Lipinski definition) is 1. The zero-order valence-electron chi connectivity index (χ0n) is 10.8. The SMILES string of the molecule is CN(Cc1nccn1C)C(=O)c1ccc(Br)cc1N. The van der Waals surface area contributed by atoms with Crippen molar-refractivity contribution in [2.24, 2.45) is 7.05 Å². The van der Waals surface area contributed by atoms with Crippen molar-refractivity contribution in [1.82, 2.24) is 14.5 Å². The molecule has 0 saturated carbocycles. The number of rotatable bonds is 3. The molecule has 2 aromatic rings. The van der Waals surface area contributed by atoms with Gasteiger partial charge in [0, 0.05) is 36.6 Å². The third kappa shape index (κ3) is 2.96. The van der Waals surface area contributed by atoms with Crippen LogP contribution in [0.3, 0.4) is 0 Å². The van der Waals surface area contributed by atoms with Crippen molar-refractivity contribution >= 4 is 27.5 Å². The summed E-state index contributed by atoms with van der Waals surface area (Å²) in [6.07, 6.45) is 3.56. The number of anilines is 1. The van der Waals surface area contributed by atoms with E-state index in [4.69, 9.17) is 5.73 Å². The van der Waals surface area contributed by atoms with Crippen LogP contribution in [0.5, 0.6) is 0 Å². The minimum absolute atomic E-state index is 0.118. The molecule has 6 heteroatoms. The Kier molecular flexibility index (Phi) is 3.90. The smallest absolute Gasteiger partial charge is 0.256 e. The van der Waals surface area contributed by atoms with Gasteiger partial charge >= 0.3 is 0 Å². The lowest BCUT2D eigenvalue weighted by Gasteiger charge is -2.18. The summed E-state index contributed by atoms with van der Waals surface area (Å²) in [4.78, 5) is 18.1. The lowest BCUT2D eigenvalue weighted by Crippen LogP contribution is -2.28. The van der Waals surface area contributed by atoms with Gasteiger partial charge in [0.15, 0.2) is 0 Å². The van der Waals surface area contributed by atoms with Crippen LogP contribution in [0.4, 0.5) is 5.69 Å². The van der Waals surface area contributed by atoms with Gasteiger partial charge in [0.1, 0.15) is 5.82 Å². The van der Waals surface area contributed by atoms with Crippen LogP contribution >= 0.6 is 15.9 Å². The molecule has 0 bridgehead atoms. The van der Waals surface area contributed by atoms with Gasteiger partial charge < -0.3 is 15.2 Å². The fourth-order valence-corrected chi connectivity index (χ4v) is 2.15. The first-order chi connectivity index (χ1) is 8.99. The summed E-state index contributed by atoms with van der Waals surface area (Å²) in [6, 6.07) is 5.25. The maximum absolute atomic E-state index is 12.3. The molecule has 0 spiro atoms. The summed E-state index contributed by atoms with van der Waals surface area (Å²) in [5.74, 6) is 0.708. The van der Waals surface area contributed by atoms with Crippen molar-refractivity contribution < 1.29 is 4.79 Å². The maximum Gasteiger partial charge on any atom is 0.256 e. The Hall–Kier alpha value is -1.82. The van der Waals surface area contributed by atoms with E-state index in [1.807, 2.05) is 17.8 Å². The fourth-order valence-electron chi connectivity index (χ4n) is 1.77. The molecule has 0 radical (unpaired) electrons. The van der Waals surface area contributed by atoms with E-state index < -0.39 is 0 Å². The Morgan fingerprint density at radius 1 is 1.53 bits per heavy atom. The van der Waals surface area contributed by atoms with Gasteiger partial charge in [0.25, 0.3) is 5.91 Å². The first-order valence-electron chi connectivity index (χ1n) is 5.75. The van der Waals surface area contributed by atoms with Crippen LogP contribution in [0.1, 0.15) is 16.2 Å². The topological polar surface area (TPSA) is 64.2 Å². The van der Waals surface area contributed by atoms with Crippen molar-refractivity contribution in [3.05, 3.63) is 46.5 Å². The highest BCUT2D eigenvalue weighted by molar-refractivity contribution is 9.10. The summed E-state index contributed by atoms with van der Waals surface area (Å²) >= 11 is 3.32. The molecule has 1 amide bonds. The largest absolute Gasteiger partial charge is 0.398 e. The number of nitrogen functional groups attached to an aromatic ring is 1. The first-order valence-corrected chi connectivity index (χ1v) is 6.55. The van der Waals surface area contributed by atoms with E-state index in [-0.39, 0.29) is 5.91 Å². The van der Waals surface area contributed by atoms with Crippen molar-refractivity contribution in [2.45, 2.75) is 6.54 Å². The first kappa shape index (κ1) is 13.6. The molecular formula is C13H15BrN4O. The Morgan fingerprint density at radius 2 is 2.26 bits per heavy atom. The third-order valence-electron chi connectivity index (χ3n) is 2.89. The highest BCUT2D eigenvalue weighted by Gasteiger charge is 2.16. The van der Waals surface area contributed by atoms with Gasteiger partial charge in [-0.15, -0.1) is 0 Å². The van der Waals surface area contributed by atoms with Crippen LogP contribution in [0.15, 0.2) is 35.1 Å². The number of halogens is 1. The maximum atomic E-state index is 12.3. The standard InChI is InChI=1S/C13H15BrN4O/c1-17-6-5-16-12(17)8-18(2)13(19)10-4-3-9(14)7-11(10)15/h3-7H,8,15H2,1-2H3. The van der Waals surface area contributed by atoms with Crippen LogP contribution in [0, 0.1) is 0 Å². The van der Waals surface area contributed by atoms with E-state index >= 15 is 0 Å². The zero-order chi connectivity index (χ0) is 14.0. The number of aryl methyl sites for hydroxylation is 1. The Labute approximate surface area is 120 Å². The van der Waals surface area contributed by atoms with Gasteiger partial charge in [0.05, 0.1) is 12.1 Å². The highest BCUT2D eigenvalue weighted by atomic mass is 79.9. The van der Waals surface area contributed by atoms with Crippen LogP contribution in [0.25, 0.3) is 0 Å². The Bertz CT molecular complexity index is 608. The molecular weight excluding hydrogens is 308 g/mol. The van der Waals surface area contributed by atoms with Crippen molar-refractivity contribution in [1.29, 1.82) is 0 Å². The van der Waals surface area contributed by atoms with Gasteiger partial charge in [-0.05, 0) is 18.2 Å². The van der Waals surface area contributed by atoms with Gasteiger partial charge in [-0.25, -0.2) is 4.98 Å². The molecule has 0 aliphatic heterocycles. The summed E-state index contributed by atoms with van der Waals surface area (Å²) in [7, 11) is 3.63. The molecule has 2 rings (SSSR count). The van der Waals surface area contributed by atoms with Crippen LogP contribution in [-0.2, 0) is 13.6 Å². The molecule has 1 aromatic carbocycles. The summed E-state index contributed by atoms with van der Waals surface area (Å²) in [6.45, 7) is 0.442. The number of hydrogen-bond acceptors (Lipinski definition) is 3. The van der Waals surface area contributed by atoms with E-state index in [0.717, 1.165) is 10.3 Å². The number of benzene rings is 1. The normalized spacial score (nSPS) is 10.5. The van der Waals surface area contributed by atoms with Crippen molar-refractivity contribution in [2.75, 3.05) is 12.8 Å². The van der Waals surface area contributed by atoms with Crippen LogP contribution in [-0.4, -0.2) is 27.4 Å². The second-order valence-corrected chi connectivity index (χ2v) is 5.26. The molecule has 5 nitrogen and oxygen atoms in total. The van der Waals surface area contributed by atoms with Crippen LogP contribution < -0.4 is 5.73 Å². The molecule has 0 aliphatic carbocycles. The van der Waals surface area contributed by atoms with Gasteiger partial charge in [-0.3, -0.25) is 4.79 Å². The number of aromatic nitrogens is 2. The third-order valence-corrected chi connectivity index (χ3v) is 3.38. The molecule has 100 valence electrons. The quantitative estimate of drug-likeness (QED) is 0.879. The van der Waals surface area contributed by atoms with E-state index in [1.165, 1.54) is 0 Å². The molecule has 0 fully saturated rings. The number of imidazole rings is 1. The van der Waals surface area contributed by atoms with Crippen LogP contribution in [0.2, 0.25) is 0 Å². The summed E-state index contributed by atoms with van der Waals surface area (Å²) in [5.41, 5.74) is 6.83. The van der Waals surface area contributed by atoms with Gasteiger partial charge in [0.2, 0.25) is 0 Å². The van der Waals surface area contributed by atoms with E-state index in [1.54, 1.807) is 36.3 Å². The predicted molar refractivity (Wildman–Crippen MR) is 77.6 cm³/mol. The van der Waals surface area contributed by atoms with E-state index in [2.05, 4.69) is 20.9 Å². The van der Waals surface area contributed by atoms with Crippen molar-refractivity contribution in [3.8, 4) is 0 Å². The summed E-state index contributed by atoms with van der Waals surface area (Å²) < 4.78 is 2.74. The van der Waals surface area contributed by atoms with E-state index in [9.17, 15) is 4.79 Å².